The summed E-state index contributed by atoms with van der Waals surface area (Å²) in [6.07, 6.45) is 2.21. The van der Waals surface area contributed by atoms with Gasteiger partial charge in [0.05, 0.1) is 20.9 Å². The van der Waals surface area contributed by atoms with E-state index in [1.807, 2.05) is 27.7 Å². The van der Waals surface area contributed by atoms with Gasteiger partial charge in [-0.3, -0.25) is 0 Å². The van der Waals surface area contributed by atoms with Crippen molar-refractivity contribution in [1.82, 2.24) is 0 Å². The highest BCUT2D eigenvalue weighted by Crippen LogP contribution is 2.41. The molecule has 0 unspecified atom stereocenters. The van der Waals surface area contributed by atoms with Crippen molar-refractivity contribution in [3.05, 3.63) is 46.5 Å². The van der Waals surface area contributed by atoms with Crippen LogP contribution < -0.4 is 0 Å². The first-order valence-corrected chi connectivity index (χ1v) is 10.4. The van der Waals surface area contributed by atoms with Crippen molar-refractivity contribution in [3.8, 4) is 11.1 Å². The molecule has 158 valence electrons. The second kappa shape index (κ2) is 11.5. The lowest BCUT2D eigenvalue weighted by Crippen LogP contribution is -2.08. The molecule has 0 fully saturated rings. The standard InChI is InChI=1S/C14H6F8S2.2C2H6/c1-23-13-9(19)5(15)3(6(16)10(13)20)4-7(17)11(21)14(24-2)12(22)8(4)18;2*1-2/h1-2H3;2*1-2H3. The smallest absolute Gasteiger partial charge is 0.176 e. The van der Waals surface area contributed by atoms with Crippen LogP contribution in [0.2, 0.25) is 0 Å². The molecule has 0 N–H and O–H groups in total. The first-order valence-electron chi connectivity index (χ1n) is 7.99. The van der Waals surface area contributed by atoms with Crippen LogP contribution in [0.5, 0.6) is 0 Å². The normalized spacial score (nSPS) is 10.1. The van der Waals surface area contributed by atoms with Gasteiger partial charge in [0, 0.05) is 0 Å². The first-order chi connectivity index (χ1) is 13.2. The molecule has 0 aromatic heterocycles. The molecule has 2 aromatic carbocycles. The second-order valence-corrected chi connectivity index (χ2v) is 5.96. The Morgan fingerprint density at radius 1 is 0.393 bits per heavy atom. The van der Waals surface area contributed by atoms with Crippen LogP contribution in [0.15, 0.2) is 9.79 Å². The molecule has 0 heterocycles. The highest BCUT2D eigenvalue weighted by molar-refractivity contribution is 7.98. The third-order valence-electron chi connectivity index (χ3n) is 3.10. The van der Waals surface area contributed by atoms with E-state index < -0.39 is 67.5 Å². The van der Waals surface area contributed by atoms with E-state index in [0.29, 0.717) is 23.5 Å². The number of halogens is 8. The summed E-state index contributed by atoms with van der Waals surface area (Å²) in [5.41, 5.74) is -3.72. The third kappa shape index (κ3) is 4.59. The molecule has 0 saturated carbocycles. The molecular formula is C18H18F8S2. The van der Waals surface area contributed by atoms with Crippen LogP contribution in [0.1, 0.15) is 27.7 Å². The van der Waals surface area contributed by atoms with Gasteiger partial charge >= 0.3 is 0 Å². The first kappa shape index (κ1) is 26.6. The van der Waals surface area contributed by atoms with E-state index >= 15 is 0 Å². The minimum Gasteiger partial charge on any atom is -0.203 e. The number of hydrogen-bond acceptors (Lipinski definition) is 2. The third-order valence-corrected chi connectivity index (χ3v) is 4.64. The van der Waals surface area contributed by atoms with Crippen LogP contribution in [0.3, 0.4) is 0 Å². The average Bonchev–Trinajstić information content (AvgIpc) is 2.71. The van der Waals surface area contributed by atoms with Gasteiger partial charge in [-0.15, -0.1) is 23.5 Å². The van der Waals surface area contributed by atoms with E-state index in [1.165, 1.54) is 0 Å². The summed E-state index contributed by atoms with van der Waals surface area (Å²) in [5.74, 6) is -16.3. The maximum atomic E-state index is 14.0. The minimum atomic E-state index is -2.16. The molecular weight excluding hydrogens is 432 g/mol. The van der Waals surface area contributed by atoms with E-state index in [9.17, 15) is 35.1 Å². The summed E-state index contributed by atoms with van der Waals surface area (Å²) in [4.78, 5) is -2.15. The lowest BCUT2D eigenvalue weighted by molar-refractivity contribution is 0.415. The van der Waals surface area contributed by atoms with Crippen molar-refractivity contribution in [3.63, 3.8) is 0 Å². The predicted molar refractivity (Wildman–Crippen MR) is 97.8 cm³/mol. The highest BCUT2D eigenvalue weighted by atomic mass is 32.2. The Morgan fingerprint density at radius 2 is 0.571 bits per heavy atom. The molecule has 0 atom stereocenters. The number of thioether (sulfide) groups is 2. The fraction of sp³-hybridized carbons (Fsp3) is 0.333. The summed E-state index contributed by atoms with van der Waals surface area (Å²) in [7, 11) is 0. The van der Waals surface area contributed by atoms with Crippen LogP contribution in [0, 0.1) is 46.5 Å². The minimum absolute atomic E-state index is 0.306. The van der Waals surface area contributed by atoms with Crippen LogP contribution in [0.25, 0.3) is 11.1 Å². The van der Waals surface area contributed by atoms with E-state index in [-0.39, 0.29) is 0 Å². The number of hydrogen-bond donors (Lipinski definition) is 0. The van der Waals surface area contributed by atoms with Gasteiger partial charge in [-0.2, -0.15) is 0 Å². The summed E-state index contributed by atoms with van der Waals surface area (Å²) in [6, 6.07) is 0. The summed E-state index contributed by atoms with van der Waals surface area (Å²) >= 11 is 0.612. The molecule has 0 saturated heterocycles. The molecule has 2 rings (SSSR count). The van der Waals surface area contributed by atoms with Gasteiger partial charge in [-0.05, 0) is 12.5 Å². The Hall–Kier alpha value is -1.42. The molecule has 0 aliphatic rings. The van der Waals surface area contributed by atoms with E-state index in [4.69, 9.17) is 0 Å². The zero-order valence-corrected chi connectivity index (χ0v) is 17.5. The number of benzene rings is 2. The Kier molecular flexibility index (Phi) is 11.0. The van der Waals surface area contributed by atoms with Crippen LogP contribution in [0.4, 0.5) is 35.1 Å². The highest BCUT2D eigenvalue weighted by Gasteiger charge is 2.33. The fourth-order valence-corrected chi connectivity index (χ4v) is 3.10. The van der Waals surface area contributed by atoms with Crippen molar-refractivity contribution < 1.29 is 35.1 Å². The summed E-state index contributed by atoms with van der Waals surface area (Å²) in [5, 5.41) is 0. The Labute approximate surface area is 166 Å². The number of rotatable bonds is 3. The maximum absolute atomic E-state index is 14.0. The van der Waals surface area contributed by atoms with E-state index in [2.05, 4.69) is 0 Å². The van der Waals surface area contributed by atoms with Gasteiger partial charge in [0.25, 0.3) is 0 Å². The average molecular weight is 450 g/mol. The van der Waals surface area contributed by atoms with Gasteiger partial charge in [-0.1, -0.05) is 27.7 Å². The second-order valence-electron chi connectivity index (χ2n) is 4.33. The lowest BCUT2D eigenvalue weighted by Gasteiger charge is -2.14. The molecule has 0 bridgehead atoms. The zero-order valence-electron chi connectivity index (χ0n) is 15.8. The van der Waals surface area contributed by atoms with E-state index in [0.717, 1.165) is 12.5 Å². The topological polar surface area (TPSA) is 0 Å². The Morgan fingerprint density at radius 3 is 0.714 bits per heavy atom. The van der Waals surface area contributed by atoms with Crippen LogP contribution in [-0.4, -0.2) is 12.5 Å². The predicted octanol–water partition coefficient (Wildman–Crippen LogP) is 7.96. The van der Waals surface area contributed by atoms with Crippen molar-refractivity contribution in [2.75, 3.05) is 12.5 Å². The molecule has 0 aliphatic heterocycles. The van der Waals surface area contributed by atoms with Gasteiger partial charge < -0.3 is 0 Å². The molecule has 28 heavy (non-hydrogen) atoms. The fourth-order valence-electron chi connectivity index (χ4n) is 2.02. The largest absolute Gasteiger partial charge is 0.203 e. The monoisotopic (exact) mass is 450 g/mol. The van der Waals surface area contributed by atoms with Crippen molar-refractivity contribution in [1.29, 1.82) is 0 Å². The Balaban J connectivity index is 0.00000171. The molecule has 2 aromatic rings. The SMILES string of the molecule is CC.CC.CSc1c(F)c(F)c(-c2c(F)c(F)c(SC)c(F)c2F)c(F)c1F. The van der Waals surface area contributed by atoms with Gasteiger partial charge in [0.1, 0.15) is 0 Å². The van der Waals surface area contributed by atoms with Gasteiger partial charge in [-0.25, -0.2) is 35.1 Å². The van der Waals surface area contributed by atoms with Crippen LogP contribution >= 0.6 is 23.5 Å². The Bertz CT molecular complexity index is 710. The van der Waals surface area contributed by atoms with Gasteiger partial charge in [0.15, 0.2) is 46.5 Å². The molecule has 10 heteroatoms. The quantitative estimate of drug-likeness (QED) is 0.264. The van der Waals surface area contributed by atoms with Crippen molar-refractivity contribution >= 4 is 23.5 Å². The molecule has 0 nitrogen and oxygen atoms in total. The summed E-state index contributed by atoms with van der Waals surface area (Å²) in [6.45, 7) is 8.00. The summed E-state index contributed by atoms with van der Waals surface area (Å²) < 4.78 is 111. The van der Waals surface area contributed by atoms with Crippen molar-refractivity contribution in [2.45, 2.75) is 37.5 Å². The lowest BCUT2D eigenvalue weighted by atomic mass is 10.0. The van der Waals surface area contributed by atoms with Crippen molar-refractivity contribution in [2.24, 2.45) is 0 Å². The zero-order chi connectivity index (χ0) is 22.3. The molecule has 0 aliphatic carbocycles. The molecule has 0 spiro atoms. The molecule has 0 amide bonds. The van der Waals surface area contributed by atoms with E-state index in [1.54, 1.807) is 0 Å². The maximum Gasteiger partial charge on any atom is 0.176 e. The van der Waals surface area contributed by atoms with Gasteiger partial charge in [0.2, 0.25) is 0 Å². The van der Waals surface area contributed by atoms with Crippen LogP contribution in [-0.2, 0) is 0 Å². The molecule has 0 radical (unpaired) electrons.